The monoisotopic (exact) mass is 1060 g/mol. The van der Waals surface area contributed by atoms with E-state index in [1.165, 1.54) is 35.8 Å². The summed E-state index contributed by atoms with van der Waals surface area (Å²) in [6.45, 7) is 0. The first kappa shape index (κ1) is 46.1. The normalized spacial score (nSPS) is 18.3. The molecule has 1 amide bonds. The number of carboxylic acid groups (broad SMARTS) is 1. The molecule has 8 aromatic rings. The number of halogens is 2. The number of carbonyl (C=O) groups excluding carboxylic acids is 3. The van der Waals surface area contributed by atoms with E-state index in [-0.39, 0.29) is 41.2 Å². The molecule has 0 aromatic carbocycles. The Morgan fingerprint density at radius 3 is 1.84 bits per heavy atom. The molecule has 0 aliphatic heterocycles. The number of thiophene rings is 2. The van der Waals surface area contributed by atoms with Crippen molar-refractivity contribution in [2.75, 3.05) is 7.11 Å². The summed E-state index contributed by atoms with van der Waals surface area (Å²) < 4.78 is 11.0. The largest absolute Gasteiger partial charge is 0.477 e. The van der Waals surface area contributed by atoms with Crippen molar-refractivity contribution >= 4 is 100 Å². The second kappa shape index (κ2) is 20.5. The number of imidazole rings is 2. The molecular formula is C48H43Br2N9O6S2. The summed E-state index contributed by atoms with van der Waals surface area (Å²) in [6.07, 6.45) is 14.7. The Labute approximate surface area is 409 Å². The van der Waals surface area contributed by atoms with E-state index in [1.54, 1.807) is 30.9 Å². The van der Waals surface area contributed by atoms with E-state index in [1.807, 2.05) is 60.7 Å². The minimum atomic E-state index is -1.09. The Morgan fingerprint density at radius 2 is 1.28 bits per heavy atom. The smallest absolute Gasteiger partial charge is 0.356 e. The number of nitrogens with zero attached hydrogens (tertiary/aromatic N) is 8. The van der Waals surface area contributed by atoms with Gasteiger partial charge in [0.15, 0.2) is 23.1 Å². The molecule has 8 aromatic heterocycles. The van der Waals surface area contributed by atoms with E-state index in [4.69, 9.17) is 14.7 Å². The number of hydrogen-bond donors (Lipinski definition) is 2. The first-order valence-corrected chi connectivity index (χ1v) is 25.0. The van der Waals surface area contributed by atoms with Gasteiger partial charge in [0.05, 0.1) is 58.9 Å². The number of carboxylic acids is 1. The fourth-order valence-corrected chi connectivity index (χ4v) is 11.8. The van der Waals surface area contributed by atoms with Crippen LogP contribution in [0.4, 0.5) is 0 Å². The first-order chi connectivity index (χ1) is 32.5. The predicted octanol–water partition coefficient (Wildman–Crippen LogP) is 11.0. The predicted molar refractivity (Wildman–Crippen MR) is 263 cm³/mol. The van der Waals surface area contributed by atoms with E-state index in [0.29, 0.717) is 39.8 Å². The lowest BCUT2D eigenvalue weighted by atomic mass is 9.82. The first-order valence-electron chi connectivity index (χ1n) is 21.8. The van der Waals surface area contributed by atoms with Gasteiger partial charge >= 0.3 is 11.9 Å². The number of methoxy groups -OCH3 is 1. The third kappa shape index (κ3) is 10.3. The molecule has 342 valence electrons. The second-order valence-corrected chi connectivity index (χ2v) is 21.4. The van der Waals surface area contributed by atoms with Crippen LogP contribution in [0.1, 0.15) is 110 Å². The highest BCUT2D eigenvalue weighted by molar-refractivity contribution is 9.11. The van der Waals surface area contributed by atoms with Crippen LogP contribution >= 0.6 is 54.5 Å². The van der Waals surface area contributed by atoms with Crippen LogP contribution in [0.2, 0.25) is 0 Å². The van der Waals surface area contributed by atoms with Gasteiger partial charge in [-0.3, -0.25) is 19.6 Å². The van der Waals surface area contributed by atoms with Gasteiger partial charge in [0.1, 0.15) is 17.1 Å². The van der Waals surface area contributed by atoms with Crippen LogP contribution in [0, 0.1) is 5.92 Å². The summed E-state index contributed by atoms with van der Waals surface area (Å²) in [5.41, 5.74) is 4.51. The Morgan fingerprint density at radius 1 is 0.716 bits per heavy atom. The maximum absolute atomic E-state index is 12.9. The zero-order valence-corrected chi connectivity index (χ0v) is 40.9. The fraction of sp³-hybridized carbons (Fsp3) is 0.292. The highest BCUT2D eigenvalue weighted by Crippen LogP contribution is 2.40. The van der Waals surface area contributed by atoms with Crippen molar-refractivity contribution in [3.05, 3.63) is 126 Å². The van der Waals surface area contributed by atoms with Crippen LogP contribution in [0.25, 0.3) is 45.1 Å². The summed E-state index contributed by atoms with van der Waals surface area (Å²) in [6, 6.07) is 22.3. The molecule has 2 fully saturated rings. The number of hydrogen-bond acceptors (Lipinski definition) is 13. The molecule has 0 bridgehead atoms. The van der Waals surface area contributed by atoms with Crippen LogP contribution < -0.4 is 5.32 Å². The fourth-order valence-electron chi connectivity index (χ4n) is 9.15. The Hall–Kier alpha value is -6.02. The molecule has 2 N–H and O–H groups in total. The number of esters is 1. The second-order valence-electron chi connectivity index (χ2n) is 16.5. The van der Waals surface area contributed by atoms with Gasteiger partial charge in [0.2, 0.25) is 0 Å². The molecule has 4 atom stereocenters. The van der Waals surface area contributed by atoms with Crippen molar-refractivity contribution in [3.63, 3.8) is 0 Å². The van der Waals surface area contributed by atoms with E-state index < -0.39 is 11.9 Å². The van der Waals surface area contributed by atoms with Gasteiger partial charge in [-0.15, -0.1) is 22.7 Å². The number of aromatic carboxylic acids is 1. The van der Waals surface area contributed by atoms with E-state index >= 15 is 0 Å². The number of pyridine rings is 4. The molecule has 19 heteroatoms. The van der Waals surface area contributed by atoms with Crippen molar-refractivity contribution in [2.45, 2.75) is 75.9 Å². The average Bonchev–Trinajstić information content (AvgIpc) is 4.17. The van der Waals surface area contributed by atoms with Crippen molar-refractivity contribution in [3.8, 4) is 23.0 Å². The van der Waals surface area contributed by atoms with Crippen molar-refractivity contribution < 1.29 is 29.0 Å². The number of Topliss-reactive ketones (excluding diaryl/α,β-unsaturated/α-hetero) is 1. The Bertz CT molecular complexity index is 3100. The van der Waals surface area contributed by atoms with Gasteiger partial charge in [-0.1, -0.05) is 18.6 Å². The topological polar surface area (TPSA) is 197 Å². The minimum absolute atomic E-state index is 0.0254. The van der Waals surface area contributed by atoms with Gasteiger partial charge in [0, 0.05) is 36.9 Å². The van der Waals surface area contributed by atoms with Crippen LogP contribution in [0.3, 0.4) is 0 Å². The quantitative estimate of drug-likeness (QED) is 0.0920. The zero-order chi connectivity index (χ0) is 46.6. The number of carbonyl (C=O) groups is 4. The number of rotatable bonds is 11. The zero-order valence-electron chi connectivity index (χ0n) is 36.0. The summed E-state index contributed by atoms with van der Waals surface area (Å²) in [5, 5.41) is 12.5. The summed E-state index contributed by atoms with van der Waals surface area (Å²) in [5.74, 6) is 0.269. The Balaban J connectivity index is 0.000000168. The van der Waals surface area contributed by atoms with Crippen LogP contribution in [0.5, 0.6) is 0 Å². The summed E-state index contributed by atoms with van der Waals surface area (Å²) in [4.78, 5) is 77.5. The molecule has 0 spiro atoms. The number of ether oxygens (including phenoxy) is 1. The number of ketones is 1. The molecule has 15 nitrogen and oxygen atoms in total. The van der Waals surface area contributed by atoms with E-state index in [9.17, 15) is 24.3 Å². The van der Waals surface area contributed by atoms with Crippen LogP contribution in [0.15, 0.2) is 105 Å². The van der Waals surface area contributed by atoms with Crippen molar-refractivity contribution in [2.24, 2.45) is 5.92 Å². The summed E-state index contributed by atoms with van der Waals surface area (Å²) >= 11 is 9.76. The highest BCUT2D eigenvalue weighted by Gasteiger charge is 2.31. The van der Waals surface area contributed by atoms with Crippen molar-refractivity contribution in [1.82, 2.24) is 44.4 Å². The minimum Gasteiger partial charge on any atom is -0.477 e. The molecule has 2 aliphatic rings. The number of nitrogens with one attached hydrogen (secondary N) is 1. The van der Waals surface area contributed by atoms with Gasteiger partial charge < -0.3 is 24.3 Å². The lowest BCUT2D eigenvalue weighted by Crippen LogP contribution is -2.38. The van der Waals surface area contributed by atoms with Gasteiger partial charge in [-0.2, -0.15) is 0 Å². The summed E-state index contributed by atoms with van der Waals surface area (Å²) in [7, 11) is 1.34. The lowest BCUT2D eigenvalue weighted by molar-refractivity contribution is 0.0593. The number of fused-ring (bicyclic) bond motifs is 2. The Kier molecular flexibility index (Phi) is 14.1. The van der Waals surface area contributed by atoms with Gasteiger partial charge in [0.25, 0.3) is 5.91 Å². The molecule has 0 radical (unpaired) electrons. The van der Waals surface area contributed by atoms with Crippen LogP contribution in [-0.2, 0) is 4.74 Å². The molecule has 0 unspecified atom stereocenters. The molecule has 67 heavy (non-hydrogen) atoms. The maximum Gasteiger partial charge on any atom is 0.356 e. The molecule has 2 saturated carbocycles. The molecule has 0 saturated heterocycles. The third-order valence-electron chi connectivity index (χ3n) is 12.1. The van der Waals surface area contributed by atoms with E-state index in [2.05, 4.69) is 66.2 Å². The standard InChI is InChI=1S/C25H23BrN4O3S.C23H20BrN5O3S/c1-33-25(32)19-13-18-20(14-28-19)30(24(29-18)17-7-2-3-10-27-17)16-6-4-5-15(11-16)12-21(31)22-8-9-23(26)34-22;24-20-8-7-19(33-20)22(30)27-13-4-3-5-14(10-13)29-18-12-26-17(23(31)32)11-16(18)28-21(29)15-6-1-2-9-25-15/h2-3,7-10,13-16H,4-6,11-12H2,1H3;1-2,6-9,11-14H,3-5,10H2,(H,27,30)(H,31,32)/t15-,16+;13-,14+/m00/s1. The van der Waals surface area contributed by atoms with Crippen molar-refractivity contribution in [1.29, 1.82) is 0 Å². The molecule has 2 aliphatic carbocycles. The maximum atomic E-state index is 12.9. The number of aromatic nitrogens is 8. The van der Waals surface area contributed by atoms with Gasteiger partial charge in [-0.25, -0.2) is 29.5 Å². The molecular weight excluding hydrogens is 1020 g/mol. The van der Waals surface area contributed by atoms with Crippen LogP contribution in [-0.4, -0.2) is 80.9 Å². The lowest BCUT2D eigenvalue weighted by Gasteiger charge is -2.31. The average molecular weight is 1070 g/mol. The SMILES string of the molecule is COC(=O)c1cc2nc(-c3ccccn3)n([C@@H]3CCC[C@H](CC(=O)c4ccc(Br)s4)C3)c2cn1.O=C(O)c1cc2nc(-c3ccccn3)n([C@@H]3CCC[C@H](NC(=O)c4ccc(Br)s4)C3)c2cn1. The molecule has 10 rings (SSSR count). The highest BCUT2D eigenvalue weighted by atomic mass is 79.9. The number of amides is 1. The van der Waals surface area contributed by atoms with Gasteiger partial charge in [-0.05, 0) is 143 Å². The molecule has 8 heterocycles. The third-order valence-corrected chi connectivity index (χ3v) is 15.4. The van der Waals surface area contributed by atoms with E-state index in [0.717, 1.165) is 86.4 Å².